The van der Waals surface area contributed by atoms with Gasteiger partial charge in [0.2, 0.25) is 0 Å². The fraction of sp³-hybridized carbons (Fsp3) is 0.615. The van der Waals surface area contributed by atoms with Gasteiger partial charge < -0.3 is 10.6 Å². The number of fused-ring (bicyclic) bond motifs is 1. The van der Waals surface area contributed by atoms with Gasteiger partial charge in [-0.15, -0.1) is 0 Å². The Morgan fingerprint density at radius 2 is 2.11 bits per heavy atom. The van der Waals surface area contributed by atoms with Crippen LogP contribution in [0.2, 0.25) is 0 Å². The lowest BCUT2D eigenvalue weighted by Crippen LogP contribution is -2.27. The van der Waals surface area contributed by atoms with Crippen molar-refractivity contribution in [3.05, 3.63) is 22.9 Å². The molecule has 1 aliphatic carbocycles. The first-order chi connectivity index (χ1) is 8.61. The maximum Gasteiger partial charge on any atom is 0.255 e. The number of aryl methyl sites for hydroxylation is 2. The van der Waals surface area contributed by atoms with E-state index in [9.17, 15) is 8.78 Å². The lowest BCUT2D eigenvalue weighted by Gasteiger charge is -2.24. The Labute approximate surface area is 106 Å². The summed E-state index contributed by atoms with van der Waals surface area (Å²) in [5, 5.41) is 0. The summed E-state index contributed by atoms with van der Waals surface area (Å²) in [6.45, 7) is 0.0297. The van der Waals surface area contributed by atoms with Crippen LogP contribution in [-0.2, 0) is 19.4 Å². The largest absolute Gasteiger partial charge is 0.354 e. The molecule has 0 spiro atoms. The molecule has 0 radical (unpaired) electrons. The van der Waals surface area contributed by atoms with Gasteiger partial charge in [-0.2, -0.15) is 0 Å². The summed E-state index contributed by atoms with van der Waals surface area (Å²) in [6.07, 6.45) is 1.90. The van der Waals surface area contributed by atoms with E-state index < -0.39 is 6.43 Å². The number of hydrogen-bond acceptors (Lipinski definition) is 3. The van der Waals surface area contributed by atoms with Crippen LogP contribution >= 0.6 is 0 Å². The molecule has 1 aromatic heterocycles. The first-order valence-corrected chi connectivity index (χ1v) is 6.33. The summed E-state index contributed by atoms with van der Waals surface area (Å²) in [7, 11) is 1.64. The zero-order valence-electron chi connectivity index (χ0n) is 10.6. The Hall–Kier alpha value is -1.23. The molecule has 0 bridgehead atoms. The van der Waals surface area contributed by atoms with Gasteiger partial charge in [-0.05, 0) is 37.3 Å². The Bertz CT molecular complexity index is 421. The molecular weight excluding hydrogens is 236 g/mol. The maximum atomic E-state index is 12.4. The number of nitrogens with two attached hydrogens (primary N) is 1. The first kappa shape index (κ1) is 13.2. The summed E-state index contributed by atoms with van der Waals surface area (Å²) in [5.74, 6) is 0.610. The van der Waals surface area contributed by atoms with Crippen LogP contribution in [0.3, 0.4) is 0 Å². The van der Waals surface area contributed by atoms with Crippen LogP contribution in [0.4, 0.5) is 14.6 Å². The van der Waals surface area contributed by atoms with Gasteiger partial charge in [-0.25, -0.2) is 13.8 Å². The third-order valence-corrected chi connectivity index (χ3v) is 3.35. The number of alkyl halides is 2. The number of aromatic nitrogens is 1. The molecule has 100 valence electrons. The van der Waals surface area contributed by atoms with E-state index >= 15 is 0 Å². The van der Waals surface area contributed by atoms with Crippen LogP contribution in [0, 0.1) is 0 Å². The molecule has 1 aromatic rings. The highest BCUT2D eigenvalue weighted by Crippen LogP contribution is 2.26. The molecule has 0 saturated heterocycles. The Morgan fingerprint density at radius 1 is 1.39 bits per heavy atom. The molecule has 0 fully saturated rings. The number of pyridine rings is 1. The highest BCUT2D eigenvalue weighted by atomic mass is 19.3. The van der Waals surface area contributed by atoms with Crippen LogP contribution < -0.4 is 10.6 Å². The summed E-state index contributed by atoms with van der Waals surface area (Å²) in [4.78, 5) is 6.05. The minimum atomic E-state index is -2.36. The van der Waals surface area contributed by atoms with E-state index in [2.05, 4.69) is 4.98 Å². The number of nitrogens with zero attached hydrogens (tertiary/aromatic N) is 2. The quantitative estimate of drug-likeness (QED) is 0.896. The monoisotopic (exact) mass is 255 g/mol. The number of anilines is 1. The summed E-state index contributed by atoms with van der Waals surface area (Å²) in [6, 6.07) is 2.04. The number of hydrogen-bond donors (Lipinski definition) is 1. The van der Waals surface area contributed by atoms with E-state index in [1.807, 2.05) is 6.07 Å². The van der Waals surface area contributed by atoms with E-state index in [1.165, 1.54) is 16.9 Å². The van der Waals surface area contributed by atoms with E-state index in [1.54, 1.807) is 7.05 Å². The van der Waals surface area contributed by atoms with Crippen molar-refractivity contribution in [1.82, 2.24) is 4.98 Å². The van der Waals surface area contributed by atoms with Crippen molar-refractivity contribution < 1.29 is 8.78 Å². The van der Waals surface area contributed by atoms with Crippen molar-refractivity contribution in [3.8, 4) is 0 Å². The van der Waals surface area contributed by atoms with Crippen LogP contribution in [0.25, 0.3) is 0 Å². The fourth-order valence-corrected chi connectivity index (χ4v) is 2.44. The molecular formula is C13H19F2N3. The summed E-state index contributed by atoms with van der Waals surface area (Å²) >= 11 is 0. The van der Waals surface area contributed by atoms with Crippen LogP contribution in [0.5, 0.6) is 0 Å². The van der Waals surface area contributed by atoms with E-state index in [4.69, 9.17) is 5.73 Å². The molecule has 0 aliphatic heterocycles. The van der Waals surface area contributed by atoms with Crippen molar-refractivity contribution >= 4 is 5.82 Å². The molecule has 18 heavy (non-hydrogen) atoms. The zero-order chi connectivity index (χ0) is 13.1. The first-order valence-electron chi connectivity index (χ1n) is 6.33. The average Bonchev–Trinajstić information content (AvgIpc) is 2.36. The van der Waals surface area contributed by atoms with Crippen LogP contribution in [0.1, 0.15) is 29.7 Å². The molecule has 1 aliphatic rings. The van der Waals surface area contributed by atoms with Crippen LogP contribution in [-0.4, -0.2) is 25.0 Å². The van der Waals surface area contributed by atoms with Gasteiger partial charge >= 0.3 is 0 Å². The van der Waals surface area contributed by atoms with Crippen LogP contribution in [0.15, 0.2) is 6.07 Å². The van der Waals surface area contributed by atoms with Crippen molar-refractivity contribution in [2.24, 2.45) is 5.73 Å². The minimum Gasteiger partial charge on any atom is -0.354 e. The minimum absolute atomic E-state index is 0.307. The molecule has 3 nitrogen and oxygen atoms in total. The predicted octanol–water partition coefficient (Wildman–Crippen LogP) is 2.12. The predicted molar refractivity (Wildman–Crippen MR) is 68.0 cm³/mol. The molecule has 0 unspecified atom stereocenters. The highest BCUT2D eigenvalue weighted by molar-refractivity contribution is 5.50. The lowest BCUT2D eigenvalue weighted by molar-refractivity contribution is 0.156. The Kier molecular flexibility index (Phi) is 4.11. The summed E-state index contributed by atoms with van der Waals surface area (Å²) in [5.41, 5.74) is 8.84. The van der Waals surface area contributed by atoms with Gasteiger partial charge in [0.1, 0.15) is 5.82 Å². The molecule has 2 N–H and O–H groups in total. The standard InChI is InChI=1S/C13H19F2N3/c1-18(8-12(14)15)13-10(7-16)6-9-4-2-3-5-11(9)17-13/h6,12H,2-5,7-8,16H2,1H3. The molecule has 0 saturated carbocycles. The van der Waals surface area contributed by atoms with E-state index in [0.29, 0.717) is 12.4 Å². The van der Waals surface area contributed by atoms with Gasteiger partial charge in [0, 0.05) is 24.8 Å². The molecule has 0 aromatic carbocycles. The Morgan fingerprint density at radius 3 is 2.78 bits per heavy atom. The van der Waals surface area contributed by atoms with Crippen molar-refractivity contribution in [2.45, 2.75) is 38.7 Å². The van der Waals surface area contributed by atoms with Gasteiger partial charge in [0.15, 0.2) is 0 Å². The molecule has 2 rings (SSSR count). The van der Waals surface area contributed by atoms with Gasteiger partial charge in [0.05, 0.1) is 6.54 Å². The second kappa shape index (κ2) is 5.61. The highest BCUT2D eigenvalue weighted by Gasteiger charge is 2.18. The SMILES string of the molecule is CN(CC(F)F)c1nc2c(cc1CN)CCCC2. The number of rotatable bonds is 4. The maximum absolute atomic E-state index is 12.4. The second-order valence-corrected chi connectivity index (χ2v) is 4.76. The van der Waals surface area contributed by atoms with Crippen molar-refractivity contribution in [3.63, 3.8) is 0 Å². The van der Waals surface area contributed by atoms with Crippen molar-refractivity contribution in [2.75, 3.05) is 18.5 Å². The van der Waals surface area contributed by atoms with Crippen molar-refractivity contribution in [1.29, 1.82) is 0 Å². The average molecular weight is 255 g/mol. The molecule has 0 atom stereocenters. The van der Waals surface area contributed by atoms with E-state index in [-0.39, 0.29) is 6.54 Å². The van der Waals surface area contributed by atoms with Gasteiger partial charge in [0.25, 0.3) is 6.43 Å². The molecule has 0 amide bonds. The third kappa shape index (κ3) is 2.77. The lowest BCUT2D eigenvalue weighted by atomic mass is 9.94. The zero-order valence-corrected chi connectivity index (χ0v) is 10.6. The normalized spacial score (nSPS) is 14.7. The second-order valence-electron chi connectivity index (χ2n) is 4.76. The smallest absolute Gasteiger partial charge is 0.255 e. The topological polar surface area (TPSA) is 42.2 Å². The third-order valence-electron chi connectivity index (χ3n) is 3.35. The fourth-order valence-electron chi connectivity index (χ4n) is 2.44. The van der Waals surface area contributed by atoms with E-state index in [0.717, 1.165) is 30.5 Å². The number of halogens is 2. The van der Waals surface area contributed by atoms with Gasteiger partial charge in [-0.3, -0.25) is 0 Å². The molecule has 5 heteroatoms. The Balaban J connectivity index is 2.33. The molecule has 1 heterocycles. The van der Waals surface area contributed by atoms with Gasteiger partial charge in [-0.1, -0.05) is 0 Å². The summed E-state index contributed by atoms with van der Waals surface area (Å²) < 4.78 is 24.9.